The van der Waals surface area contributed by atoms with Gasteiger partial charge in [0.15, 0.2) is 0 Å². The van der Waals surface area contributed by atoms with Crippen molar-refractivity contribution < 1.29 is 18.6 Å². The lowest BCUT2D eigenvalue weighted by atomic mass is 10.3. The number of hydrogen-bond donors (Lipinski definition) is 0. The van der Waals surface area contributed by atoms with Crippen molar-refractivity contribution in [3.05, 3.63) is 51.1 Å². The Labute approximate surface area is 122 Å². The number of halogens is 1. The van der Waals surface area contributed by atoms with Gasteiger partial charge in [0.2, 0.25) is 0 Å². The van der Waals surface area contributed by atoms with E-state index in [2.05, 4.69) is 20.3 Å². The van der Waals surface area contributed by atoms with E-state index in [-0.39, 0.29) is 15.5 Å². The summed E-state index contributed by atoms with van der Waals surface area (Å²) in [5, 5.41) is 23.0. The normalized spacial score (nSPS) is 17.1. The first-order valence-corrected chi connectivity index (χ1v) is 8.04. The Morgan fingerprint density at radius 3 is 2.42 bits per heavy atom. The maximum absolute atomic E-state index is 12.0. The van der Waals surface area contributed by atoms with Crippen molar-refractivity contribution in [3.63, 3.8) is 0 Å². The first-order chi connectivity index (χ1) is 8.90. The van der Waals surface area contributed by atoms with E-state index in [1.165, 1.54) is 23.6 Å². The minimum absolute atomic E-state index is 0.00815. The van der Waals surface area contributed by atoms with Crippen molar-refractivity contribution in [2.24, 2.45) is 4.40 Å². The number of benzene rings is 1. The second-order valence-corrected chi connectivity index (χ2v) is 6.88. The molecular weight excluding hydrogens is 354 g/mol. The van der Waals surface area contributed by atoms with Crippen molar-refractivity contribution in [1.29, 1.82) is 0 Å². The molecule has 0 N–H and O–H groups in total. The number of sulfonamides is 1. The van der Waals surface area contributed by atoms with Gasteiger partial charge in [0.05, 0.1) is 10.6 Å². The summed E-state index contributed by atoms with van der Waals surface area (Å²) in [5.41, 5.74) is -0.118. The van der Waals surface area contributed by atoms with Gasteiger partial charge in [-0.15, -0.1) is 0 Å². The van der Waals surface area contributed by atoms with Crippen molar-refractivity contribution in [1.82, 2.24) is 0 Å². The van der Waals surface area contributed by atoms with Crippen LogP contribution in [0.4, 0.5) is 0 Å². The predicted octanol–water partition coefficient (Wildman–Crippen LogP) is 0.729. The summed E-state index contributed by atoms with van der Waals surface area (Å²) in [6, 6.07) is 5.90. The van der Waals surface area contributed by atoms with E-state index in [1.54, 1.807) is 12.1 Å². The molecule has 0 bridgehead atoms. The molecule has 0 fully saturated rings. The van der Waals surface area contributed by atoms with Gasteiger partial charge in [0, 0.05) is 9.38 Å². The molecular formula is C11H6BrNO4S2-2. The van der Waals surface area contributed by atoms with Gasteiger partial charge in [-0.2, -0.15) is 18.8 Å². The molecule has 1 aromatic rings. The van der Waals surface area contributed by atoms with E-state index in [4.69, 9.17) is 0 Å². The monoisotopic (exact) mass is 359 g/mol. The first-order valence-electron chi connectivity index (χ1n) is 4.92. The van der Waals surface area contributed by atoms with Crippen LogP contribution in [0.1, 0.15) is 0 Å². The van der Waals surface area contributed by atoms with Gasteiger partial charge in [-0.25, -0.2) is 0 Å². The fraction of sp³-hybridized carbons (Fsp3) is 0. The van der Waals surface area contributed by atoms with Crippen molar-refractivity contribution in [3.8, 4) is 0 Å². The van der Waals surface area contributed by atoms with Crippen LogP contribution in [0.2, 0.25) is 0 Å². The average Bonchev–Trinajstić information content (AvgIpc) is 2.77. The molecule has 0 aliphatic carbocycles. The zero-order chi connectivity index (χ0) is 14.0. The maximum atomic E-state index is 12.0. The lowest BCUT2D eigenvalue weighted by Gasteiger charge is -2.20. The van der Waals surface area contributed by atoms with Gasteiger partial charge >= 0.3 is 0 Å². The van der Waals surface area contributed by atoms with Gasteiger partial charge in [-0.3, -0.25) is 0 Å². The quantitative estimate of drug-likeness (QED) is 0.725. The number of rotatable bonds is 2. The minimum atomic E-state index is -3.94. The van der Waals surface area contributed by atoms with Crippen LogP contribution < -0.4 is 10.2 Å². The molecule has 8 heteroatoms. The molecule has 0 atom stereocenters. The maximum Gasteiger partial charge on any atom is 0.282 e. The molecule has 0 radical (unpaired) electrons. The van der Waals surface area contributed by atoms with Crippen LogP contribution in [0.5, 0.6) is 0 Å². The van der Waals surface area contributed by atoms with Gasteiger partial charge in [-0.1, -0.05) is 27.7 Å². The SMILES string of the molecule is O=S(=O)(N=C1C=CSC1=C([O-])[O-])c1ccc(Br)cc1. The summed E-state index contributed by atoms with van der Waals surface area (Å²) < 4.78 is 28.2. The summed E-state index contributed by atoms with van der Waals surface area (Å²) >= 11 is 4.06. The largest absolute Gasteiger partial charge is 0.883 e. The second-order valence-electron chi connectivity index (χ2n) is 3.44. The third kappa shape index (κ3) is 3.20. The van der Waals surface area contributed by atoms with Gasteiger partial charge in [0.25, 0.3) is 10.0 Å². The summed E-state index contributed by atoms with van der Waals surface area (Å²) in [6.45, 7) is 0. The molecule has 1 heterocycles. The van der Waals surface area contributed by atoms with Gasteiger partial charge in [0.1, 0.15) is 0 Å². The molecule has 100 valence electrons. The molecule has 2 rings (SSSR count). The summed E-state index contributed by atoms with van der Waals surface area (Å²) in [7, 11) is -3.94. The molecule has 1 aromatic carbocycles. The molecule has 0 saturated carbocycles. The Morgan fingerprint density at radius 2 is 1.84 bits per heavy atom. The molecule has 0 amide bonds. The third-order valence-corrected chi connectivity index (χ3v) is 4.88. The lowest BCUT2D eigenvalue weighted by molar-refractivity contribution is -0.513. The predicted molar refractivity (Wildman–Crippen MR) is 72.5 cm³/mol. The topological polar surface area (TPSA) is 92.6 Å². The number of hydrogen-bond acceptors (Lipinski definition) is 5. The Balaban J connectivity index is 2.44. The number of thioether (sulfide) groups is 1. The van der Waals surface area contributed by atoms with Gasteiger partial charge in [-0.05, 0) is 35.7 Å². The molecule has 5 nitrogen and oxygen atoms in total. The highest BCUT2D eigenvalue weighted by Gasteiger charge is 2.17. The molecule has 0 unspecified atom stereocenters. The van der Waals surface area contributed by atoms with Crippen LogP contribution in [-0.2, 0) is 10.0 Å². The fourth-order valence-electron chi connectivity index (χ4n) is 1.32. The smallest absolute Gasteiger partial charge is 0.282 e. The highest BCUT2D eigenvalue weighted by molar-refractivity contribution is 9.10. The van der Waals surface area contributed by atoms with Crippen molar-refractivity contribution in [2.75, 3.05) is 0 Å². The van der Waals surface area contributed by atoms with E-state index >= 15 is 0 Å². The Hall–Kier alpha value is -1.25. The lowest BCUT2D eigenvalue weighted by Crippen LogP contribution is -2.22. The highest BCUT2D eigenvalue weighted by Crippen LogP contribution is 2.28. The van der Waals surface area contributed by atoms with E-state index < -0.39 is 16.0 Å². The van der Waals surface area contributed by atoms with Crippen molar-refractivity contribution >= 4 is 43.4 Å². The van der Waals surface area contributed by atoms with Crippen LogP contribution in [0.15, 0.2) is 60.4 Å². The molecule has 1 aliphatic heterocycles. The molecule has 0 spiro atoms. The van der Waals surface area contributed by atoms with Crippen LogP contribution >= 0.6 is 27.7 Å². The van der Waals surface area contributed by atoms with Crippen molar-refractivity contribution in [2.45, 2.75) is 4.90 Å². The van der Waals surface area contributed by atoms with Crippen LogP contribution in [0.3, 0.4) is 0 Å². The Morgan fingerprint density at radius 1 is 1.21 bits per heavy atom. The summed E-state index contributed by atoms with van der Waals surface area (Å²) in [4.78, 5) is -0.216. The van der Waals surface area contributed by atoms with E-state index in [0.29, 0.717) is 0 Å². The zero-order valence-corrected chi connectivity index (χ0v) is 12.5. The Kier molecular flexibility index (Phi) is 4.02. The molecule has 19 heavy (non-hydrogen) atoms. The van der Waals surface area contributed by atoms with E-state index in [1.807, 2.05) is 0 Å². The Bertz CT molecular complexity index is 686. The minimum Gasteiger partial charge on any atom is -0.883 e. The van der Waals surface area contributed by atoms with E-state index in [0.717, 1.165) is 16.2 Å². The summed E-state index contributed by atoms with van der Waals surface area (Å²) in [6.07, 6.45) is 1.33. The molecule has 0 aromatic heterocycles. The summed E-state index contributed by atoms with van der Waals surface area (Å²) in [5.74, 6) is -1.44. The number of nitrogens with zero attached hydrogens (tertiary/aromatic N) is 1. The highest BCUT2D eigenvalue weighted by atomic mass is 79.9. The average molecular weight is 360 g/mol. The van der Waals surface area contributed by atoms with Gasteiger partial charge < -0.3 is 10.2 Å². The van der Waals surface area contributed by atoms with Crippen LogP contribution in [0, 0.1) is 0 Å². The van der Waals surface area contributed by atoms with E-state index in [9.17, 15) is 18.6 Å². The van der Waals surface area contributed by atoms with Crippen LogP contribution in [0.25, 0.3) is 0 Å². The molecule has 0 saturated heterocycles. The number of allylic oxidation sites excluding steroid dienone is 2. The fourth-order valence-corrected chi connectivity index (χ4v) is 3.30. The zero-order valence-electron chi connectivity index (χ0n) is 9.24. The molecule has 1 aliphatic rings. The third-order valence-electron chi connectivity index (χ3n) is 2.16. The first kappa shape index (κ1) is 14.2. The standard InChI is InChI=1S/C11H8BrNO4S2/c12-7-1-3-8(4-2-7)19(16,17)13-9-5-6-18-10(9)11(14)15/h1-6,14-15H/p-2. The second kappa shape index (κ2) is 5.40. The van der Waals surface area contributed by atoms with Crippen LogP contribution in [-0.4, -0.2) is 14.1 Å².